The Bertz CT molecular complexity index is 504. The molecule has 0 radical (unpaired) electrons. The molecule has 16 heavy (non-hydrogen) atoms. The van der Waals surface area contributed by atoms with Gasteiger partial charge >= 0.3 is 0 Å². The standard InChI is InChI=1S/C7H9F2N3O3S/c1-15-4-2-3(6(8)9)12-7(10)5(4)16(11,13)14/h2,6H,1H3,(H2,10,12)(H2,11,13,14). The van der Waals surface area contributed by atoms with Crippen LogP contribution in [0.2, 0.25) is 0 Å². The van der Waals surface area contributed by atoms with Crippen LogP contribution >= 0.6 is 0 Å². The van der Waals surface area contributed by atoms with Gasteiger partial charge in [0.2, 0.25) is 10.0 Å². The predicted octanol–water partition coefficient (Wildman–Crippen LogP) is 0.257. The lowest BCUT2D eigenvalue weighted by molar-refractivity contribution is 0.145. The molecule has 9 heteroatoms. The van der Waals surface area contributed by atoms with E-state index in [1.165, 1.54) is 0 Å². The molecular formula is C7H9F2N3O3S. The van der Waals surface area contributed by atoms with Gasteiger partial charge in [-0.1, -0.05) is 0 Å². The minimum Gasteiger partial charge on any atom is -0.495 e. The van der Waals surface area contributed by atoms with Crippen molar-refractivity contribution in [2.24, 2.45) is 5.14 Å². The molecule has 0 aromatic carbocycles. The quantitative estimate of drug-likeness (QED) is 0.803. The second kappa shape index (κ2) is 4.18. The normalized spacial score (nSPS) is 11.8. The molecule has 0 aliphatic heterocycles. The van der Waals surface area contributed by atoms with Crippen LogP contribution in [0.15, 0.2) is 11.0 Å². The number of hydrogen-bond donors (Lipinski definition) is 2. The van der Waals surface area contributed by atoms with Crippen molar-refractivity contribution >= 4 is 15.8 Å². The molecule has 0 fully saturated rings. The van der Waals surface area contributed by atoms with Crippen molar-refractivity contribution in [1.82, 2.24) is 4.98 Å². The fourth-order valence-electron chi connectivity index (χ4n) is 1.10. The van der Waals surface area contributed by atoms with Crippen LogP contribution in [-0.2, 0) is 10.0 Å². The Morgan fingerprint density at radius 1 is 1.50 bits per heavy atom. The number of hydrogen-bond acceptors (Lipinski definition) is 5. The van der Waals surface area contributed by atoms with E-state index in [1.54, 1.807) is 0 Å². The van der Waals surface area contributed by atoms with Crippen molar-refractivity contribution in [1.29, 1.82) is 0 Å². The van der Waals surface area contributed by atoms with E-state index in [0.29, 0.717) is 0 Å². The highest BCUT2D eigenvalue weighted by atomic mass is 32.2. The monoisotopic (exact) mass is 253 g/mol. The van der Waals surface area contributed by atoms with Crippen molar-refractivity contribution in [2.45, 2.75) is 11.3 Å². The molecule has 0 aliphatic rings. The molecule has 0 unspecified atom stereocenters. The van der Waals surface area contributed by atoms with Gasteiger partial charge in [0.1, 0.15) is 17.3 Å². The summed E-state index contributed by atoms with van der Waals surface area (Å²) in [5.74, 6) is -0.970. The zero-order valence-corrected chi connectivity index (χ0v) is 8.96. The van der Waals surface area contributed by atoms with E-state index in [0.717, 1.165) is 13.2 Å². The minimum absolute atomic E-state index is 0.356. The van der Waals surface area contributed by atoms with Crippen LogP contribution in [0.1, 0.15) is 12.1 Å². The summed E-state index contributed by atoms with van der Waals surface area (Å²) in [7, 11) is -3.07. The van der Waals surface area contributed by atoms with E-state index >= 15 is 0 Å². The van der Waals surface area contributed by atoms with Crippen LogP contribution in [0, 0.1) is 0 Å². The summed E-state index contributed by atoms with van der Waals surface area (Å²) < 4.78 is 51.5. The Labute approximate surface area is 90.3 Å². The van der Waals surface area contributed by atoms with Crippen molar-refractivity contribution in [3.8, 4) is 5.75 Å². The number of methoxy groups -OCH3 is 1. The van der Waals surface area contributed by atoms with Crippen LogP contribution < -0.4 is 15.6 Å². The molecule has 0 amide bonds. The molecule has 90 valence electrons. The Morgan fingerprint density at radius 2 is 2.06 bits per heavy atom. The van der Waals surface area contributed by atoms with Gasteiger partial charge in [0.25, 0.3) is 6.43 Å². The minimum atomic E-state index is -4.18. The molecule has 0 bridgehead atoms. The van der Waals surface area contributed by atoms with Gasteiger partial charge < -0.3 is 10.5 Å². The van der Waals surface area contributed by atoms with Gasteiger partial charge in [-0.2, -0.15) is 0 Å². The van der Waals surface area contributed by atoms with Crippen molar-refractivity contribution in [3.05, 3.63) is 11.8 Å². The zero-order valence-electron chi connectivity index (χ0n) is 8.15. The van der Waals surface area contributed by atoms with Crippen molar-refractivity contribution in [3.63, 3.8) is 0 Å². The molecular weight excluding hydrogens is 244 g/mol. The van der Waals surface area contributed by atoms with E-state index in [4.69, 9.17) is 10.9 Å². The maximum absolute atomic E-state index is 12.3. The average Bonchev–Trinajstić information content (AvgIpc) is 2.14. The van der Waals surface area contributed by atoms with E-state index in [9.17, 15) is 17.2 Å². The van der Waals surface area contributed by atoms with Crippen LogP contribution in [0.5, 0.6) is 5.75 Å². The number of halogens is 2. The highest BCUT2D eigenvalue weighted by molar-refractivity contribution is 7.89. The average molecular weight is 253 g/mol. The summed E-state index contributed by atoms with van der Waals surface area (Å²) >= 11 is 0. The number of nitrogens with two attached hydrogens (primary N) is 2. The van der Waals surface area contributed by atoms with Gasteiger partial charge in [-0.25, -0.2) is 27.3 Å². The summed E-state index contributed by atoms with van der Waals surface area (Å²) in [6.45, 7) is 0. The maximum Gasteiger partial charge on any atom is 0.280 e. The molecule has 0 spiro atoms. The Morgan fingerprint density at radius 3 is 2.44 bits per heavy atom. The summed E-state index contributed by atoms with van der Waals surface area (Å²) in [6, 6.07) is 0.779. The number of alkyl halides is 2. The van der Waals surface area contributed by atoms with Crippen LogP contribution in [0.25, 0.3) is 0 Å². The first kappa shape index (κ1) is 12.6. The molecule has 0 saturated carbocycles. The smallest absolute Gasteiger partial charge is 0.280 e. The number of nitrogens with zero attached hydrogens (tertiary/aromatic N) is 1. The van der Waals surface area contributed by atoms with Gasteiger partial charge in [0.15, 0.2) is 4.90 Å². The zero-order chi connectivity index (χ0) is 12.5. The van der Waals surface area contributed by atoms with E-state index in [2.05, 4.69) is 9.72 Å². The molecule has 4 N–H and O–H groups in total. The second-order valence-corrected chi connectivity index (χ2v) is 4.31. The van der Waals surface area contributed by atoms with Crippen LogP contribution in [0.3, 0.4) is 0 Å². The fraction of sp³-hybridized carbons (Fsp3) is 0.286. The molecule has 1 aromatic heterocycles. The molecule has 0 saturated heterocycles. The second-order valence-electron chi connectivity index (χ2n) is 2.81. The number of pyridine rings is 1. The number of aromatic nitrogens is 1. The van der Waals surface area contributed by atoms with Gasteiger partial charge in [-0.3, -0.25) is 0 Å². The van der Waals surface area contributed by atoms with E-state index < -0.39 is 32.9 Å². The van der Waals surface area contributed by atoms with Crippen molar-refractivity contribution < 1.29 is 21.9 Å². The molecule has 0 atom stereocenters. The number of nitrogen functional groups attached to an aromatic ring is 1. The van der Waals surface area contributed by atoms with Gasteiger partial charge in [0, 0.05) is 6.07 Å². The number of primary sulfonamides is 1. The van der Waals surface area contributed by atoms with Crippen LogP contribution in [0.4, 0.5) is 14.6 Å². The third-order valence-corrected chi connectivity index (χ3v) is 2.69. The van der Waals surface area contributed by atoms with Gasteiger partial charge in [-0.15, -0.1) is 0 Å². The first-order chi connectivity index (χ1) is 7.27. The third-order valence-electron chi connectivity index (χ3n) is 1.71. The van der Waals surface area contributed by atoms with Crippen molar-refractivity contribution in [2.75, 3.05) is 12.8 Å². The highest BCUT2D eigenvalue weighted by Gasteiger charge is 2.23. The summed E-state index contributed by atoms with van der Waals surface area (Å²) in [6.07, 6.45) is -2.88. The number of sulfonamides is 1. The summed E-state index contributed by atoms with van der Waals surface area (Å²) in [5, 5.41) is 4.84. The Balaban J connectivity index is 3.53. The van der Waals surface area contributed by atoms with E-state index in [-0.39, 0.29) is 5.75 Å². The van der Waals surface area contributed by atoms with Gasteiger partial charge in [-0.05, 0) is 0 Å². The number of rotatable bonds is 3. The largest absolute Gasteiger partial charge is 0.495 e. The number of ether oxygens (including phenoxy) is 1. The molecule has 1 aromatic rings. The predicted molar refractivity (Wildman–Crippen MR) is 51.5 cm³/mol. The Hall–Kier alpha value is -1.48. The fourth-order valence-corrected chi connectivity index (χ4v) is 1.86. The maximum atomic E-state index is 12.3. The van der Waals surface area contributed by atoms with E-state index in [1.807, 2.05) is 0 Å². The molecule has 0 aliphatic carbocycles. The van der Waals surface area contributed by atoms with Gasteiger partial charge in [0.05, 0.1) is 7.11 Å². The molecule has 1 rings (SSSR count). The first-order valence-corrected chi connectivity index (χ1v) is 5.47. The number of anilines is 1. The summed E-state index contributed by atoms with van der Waals surface area (Å²) in [5.41, 5.74) is 4.56. The third kappa shape index (κ3) is 2.36. The SMILES string of the molecule is COc1cc(C(F)F)nc(N)c1S(N)(=O)=O. The Kier molecular flexibility index (Phi) is 3.29. The lowest BCUT2D eigenvalue weighted by atomic mass is 10.3. The van der Waals surface area contributed by atoms with Crippen LogP contribution in [-0.4, -0.2) is 20.5 Å². The summed E-state index contributed by atoms with van der Waals surface area (Å²) in [4.78, 5) is 2.64. The first-order valence-electron chi connectivity index (χ1n) is 3.92. The lowest BCUT2D eigenvalue weighted by Crippen LogP contribution is -2.17. The topological polar surface area (TPSA) is 108 Å². The highest BCUT2D eigenvalue weighted by Crippen LogP contribution is 2.31. The lowest BCUT2D eigenvalue weighted by Gasteiger charge is -2.10. The molecule has 6 nitrogen and oxygen atoms in total. The molecule has 1 heterocycles.